The molecule has 0 spiro atoms. The van der Waals surface area contributed by atoms with Gasteiger partial charge in [0, 0.05) is 6.08 Å². The summed E-state index contributed by atoms with van der Waals surface area (Å²) in [6.07, 6.45) is 5.75. The van der Waals surface area contributed by atoms with E-state index in [2.05, 4.69) is 11.8 Å². The molecule has 0 amide bonds. The van der Waals surface area contributed by atoms with Crippen LogP contribution in [0.25, 0.3) is 0 Å². The minimum Gasteiger partial charge on any atom is -0.497 e. The highest BCUT2D eigenvalue weighted by atomic mass is 16.5. The first-order valence-electron chi connectivity index (χ1n) is 5.41. The Bertz CT molecular complexity index is 498. The molecule has 1 aromatic carbocycles. The van der Waals surface area contributed by atoms with Gasteiger partial charge in [0.15, 0.2) is 0 Å². The number of ether oxygens (including phenoxy) is 2. The van der Waals surface area contributed by atoms with E-state index in [-0.39, 0.29) is 5.92 Å². The molecule has 0 N–H and O–H groups in total. The first-order chi connectivity index (χ1) is 8.33. The number of rotatable bonds is 3. The van der Waals surface area contributed by atoms with Crippen molar-refractivity contribution < 1.29 is 9.47 Å². The SMILES string of the molecule is COC1=CC#CC(c2ccc(OC)cc2)C=C1. The Labute approximate surface area is 102 Å². The Hall–Kier alpha value is -2.14. The van der Waals surface area contributed by atoms with Crippen molar-refractivity contribution in [1.82, 2.24) is 0 Å². The van der Waals surface area contributed by atoms with E-state index < -0.39 is 0 Å². The molecule has 0 aliphatic heterocycles. The van der Waals surface area contributed by atoms with Crippen LogP contribution in [0.2, 0.25) is 0 Å². The zero-order valence-electron chi connectivity index (χ0n) is 9.94. The predicted octanol–water partition coefficient (Wildman–Crippen LogP) is 2.88. The van der Waals surface area contributed by atoms with Crippen LogP contribution in [0.1, 0.15) is 11.5 Å². The highest BCUT2D eigenvalue weighted by Gasteiger charge is 2.06. The normalized spacial score (nSPS) is 17.5. The molecule has 17 heavy (non-hydrogen) atoms. The average Bonchev–Trinajstić information content (AvgIpc) is 2.64. The molecule has 86 valence electrons. The van der Waals surface area contributed by atoms with Gasteiger partial charge in [-0.25, -0.2) is 0 Å². The third kappa shape index (κ3) is 2.70. The first-order valence-corrected chi connectivity index (χ1v) is 5.41. The van der Waals surface area contributed by atoms with Crippen LogP contribution in [0.3, 0.4) is 0 Å². The standard InChI is InChI=1S/C15H14O2/c1-16-14-5-3-4-12(6-9-14)13-7-10-15(17-2)11-8-13/h5-12H,1-2H3. The van der Waals surface area contributed by atoms with Crippen molar-refractivity contribution in [3.05, 3.63) is 53.8 Å². The Morgan fingerprint density at radius 1 is 1.06 bits per heavy atom. The van der Waals surface area contributed by atoms with Crippen molar-refractivity contribution in [1.29, 1.82) is 0 Å². The third-order valence-corrected chi connectivity index (χ3v) is 2.62. The van der Waals surface area contributed by atoms with Gasteiger partial charge in [0.2, 0.25) is 0 Å². The molecule has 0 saturated carbocycles. The van der Waals surface area contributed by atoms with E-state index in [0.717, 1.165) is 17.1 Å². The third-order valence-electron chi connectivity index (χ3n) is 2.62. The second-order valence-corrected chi connectivity index (χ2v) is 3.65. The van der Waals surface area contributed by atoms with Gasteiger partial charge < -0.3 is 9.47 Å². The lowest BCUT2D eigenvalue weighted by molar-refractivity contribution is 0.307. The summed E-state index contributed by atoms with van der Waals surface area (Å²) in [4.78, 5) is 0. The van der Waals surface area contributed by atoms with E-state index in [1.54, 1.807) is 20.3 Å². The van der Waals surface area contributed by atoms with Crippen molar-refractivity contribution in [2.75, 3.05) is 14.2 Å². The fraction of sp³-hybridized carbons (Fsp3) is 0.200. The molecular weight excluding hydrogens is 212 g/mol. The van der Waals surface area contributed by atoms with Crippen molar-refractivity contribution in [3.63, 3.8) is 0 Å². The zero-order valence-corrected chi connectivity index (χ0v) is 9.94. The molecule has 1 unspecified atom stereocenters. The molecule has 0 fully saturated rings. The maximum atomic E-state index is 5.14. The van der Waals surface area contributed by atoms with Gasteiger partial charge in [-0.15, -0.1) is 0 Å². The lowest BCUT2D eigenvalue weighted by atomic mass is 9.99. The summed E-state index contributed by atoms with van der Waals surface area (Å²) in [5.74, 6) is 7.90. The van der Waals surface area contributed by atoms with E-state index in [4.69, 9.17) is 9.47 Å². The molecule has 1 aromatic rings. The maximum absolute atomic E-state index is 5.14. The van der Waals surface area contributed by atoms with Gasteiger partial charge >= 0.3 is 0 Å². The maximum Gasteiger partial charge on any atom is 0.126 e. The first kappa shape index (κ1) is 11.3. The van der Waals surface area contributed by atoms with Gasteiger partial charge in [0.25, 0.3) is 0 Å². The van der Waals surface area contributed by atoms with Crippen LogP contribution in [0.5, 0.6) is 5.75 Å². The summed E-state index contributed by atoms with van der Waals surface area (Å²) in [7, 11) is 3.31. The van der Waals surface area contributed by atoms with Crippen LogP contribution in [-0.4, -0.2) is 14.2 Å². The molecule has 1 aliphatic carbocycles. The predicted molar refractivity (Wildman–Crippen MR) is 67.7 cm³/mol. The van der Waals surface area contributed by atoms with Crippen molar-refractivity contribution in [2.45, 2.75) is 5.92 Å². The summed E-state index contributed by atoms with van der Waals surface area (Å²) in [6, 6.07) is 7.95. The Morgan fingerprint density at radius 2 is 1.82 bits per heavy atom. The number of allylic oxidation sites excluding steroid dienone is 3. The van der Waals surface area contributed by atoms with Crippen LogP contribution in [0.4, 0.5) is 0 Å². The van der Waals surface area contributed by atoms with E-state index in [1.807, 2.05) is 36.4 Å². The van der Waals surface area contributed by atoms with Gasteiger partial charge in [-0.2, -0.15) is 0 Å². The monoisotopic (exact) mass is 226 g/mol. The summed E-state index contributed by atoms with van der Waals surface area (Å²) < 4.78 is 10.3. The minimum atomic E-state index is 0.102. The molecule has 0 bridgehead atoms. The number of methoxy groups -OCH3 is 2. The second kappa shape index (κ2) is 5.27. The van der Waals surface area contributed by atoms with Gasteiger partial charge in [-0.05, 0) is 23.8 Å². The van der Waals surface area contributed by atoms with Crippen molar-refractivity contribution in [3.8, 4) is 17.6 Å². The number of hydrogen-bond donors (Lipinski definition) is 0. The molecule has 2 rings (SSSR count). The Morgan fingerprint density at radius 3 is 2.47 bits per heavy atom. The second-order valence-electron chi connectivity index (χ2n) is 3.65. The molecule has 2 nitrogen and oxygen atoms in total. The smallest absolute Gasteiger partial charge is 0.126 e. The summed E-state index contributed by atoms with van der Waals surface area (Å²) in [5, 5.41) is 0. The summed E-state index contributed by atoms with van der Waals surface area (Å²) in [5.41, 5.74) is 1.15. The van der Waals surface area contributed by atoms with Gasteiger partial charge in [-0.1, -0.05) is 30.0 Å². The largest absolute Gasteiger partial charge is 0.497 e. The molecule has 1 aliphatic rings. The summed E-state index contributed by atoms with van der Waals surface area (Å²) >= 11 is 0. The lowest BCUT2D eigenvalue weighted by Gasteiger charge is -2.06. The van der Waals surface area contributed by atoms with Crippen LogP contribution in [0.15, 0.2) is 48.3 Å². The quantitative estimate of drug-likeness (QED) is 0.738. The molecule has 2 heteroatoms. The zero-order chi connectivity index (χ0) is 12.1. The average molecular weight is 226 g/mol. The number of benzene rings is 1. The summed E-state index contributed by atoms with van der Waals surface area (Å²) in [6.45, 7) is 0. The highest BCUT2D eigenvalue weighted by molar-refractivity contribution is 5.41. The van der Waals surface area contributed by atoms with E-state index >= 15 is 0 Å². The lowest BCUT2D eigenvalue weighted by Crippen LogP contribution is -1.92. The fourth-order valence-corrected chi connectivity index (χ4v) is 1.62. The van der Waals surface area contributed by atoms with Gasteiger partial charge in [-0.3, -0.25) is 0 Å². The highest BCUT2D eigenvalue weighted by Crippen LogP contribution is 2.21. The molecular formula is C15H14O2. The van der Waals surface area contributed by atoms with Crippen LogP contribution in [0, 0.1) is 11.8 Å². The fourth-order valence-electron chi connectivity index (χ4n) is 1.62. The van der Waals surface area contributed by atoms with E-state index in [0.29, 0.717) is 0 Å². The molecule has 0 aromatic heterocycles. The Balaban J connectivity index is 2.20. The molecule has 0 saturated heterocycles. The number of hydrogen-bond acceptors (Lipinski definition) is 2. The van der Waals surface area contributed by atoms with Crippen LogP contribution in [-0.2, 0) is 4.74 Å². The molecule has 0 heterocycles. The van der Waals surface area contributed by atoms with Gasteiger partial charge in [0.05, 0.1) is 20.1 Å². The molecule has 0 radical (unpaired) electrons. The van der Waals surface area contributed by atoms with E-state index in [9.17, 15) is 0 Å². The minimum absolute atomic E-state index is 0.102. The van der Waals surface area contributed by atoms with Crippen LogP contribution >= 0.6 is 0 Å². The van der Waals surface area contributed by atoms with Gasteiger partial charge in [0.1, 0.15) is 11.5 Å². The molecule has 1 atom stereocenters. The van der Waals surface area contributed by atoms with Crippen LogP contribution < -0.4 is 4.74 Å². The van der Waals surface area contributed by atoms with Crippen molar-refractivity contribution >= 4 is 0 Å². The Kier molecular flexibility index (Phi) is 3.52. The topological polar surface area (TPSA) is 18.5 Å². The van der Waals surface area contributed by atoms with Crippen molar-refractivity contribution in [2.24, 2.45) is 0 Å². The van der Waals surface area contributed by atoms with E-state index in [1.165, 1.54) is 0 Å².